The van der Waals surface area contributed by atoms with Crippen molar-refractivity contribution >= 4 is 78.3 Å². The van der Waals surface area contributed by atoms with Crippen LogP contribution >= 0.6 is 46.8 Å². The van der Waals surface area contributed by atoms with Gasteiger partial charge in [0, 0.05) is 23.5 Å². The molecule has 0 saturated carbocycles. The van der Waals surface area contributed by atoms with Gasteiger partial charge in [0.25, 0.3) is 5.91 Å². The number of fused-ring (bicyclic) bond motifs is 2. The van der Waals surface area contributed by atoms with Gasteiger partial charge in [0.05, 0.1) is 25.9 Å². The molecule has 4 rings (SSSR count). The summed E-state index contributed by atoms with van der Waals surface area (Å²) >= 11 is 4.82. The van der Waals surface area contributed by atoms with Crippen LogP contribution in [0.4, 0.5) is 5.13 Å². The van der Waals surface area contributed by atoms with Gasteiger partial charge in [0.1, 0.15) is 0 Å². The van der Waals surface area contributed by atoms with Gasteiger partial charge in [-0.15, -0.1) is 35.5 Å². The number of thioether (sulfide) groups is 1. The number of benzene rings is 2. The van der Waals surface area contributed by atoms with E-state index in [1.54, 1.807) is 44.8 Å². The van der Waals surface area contributed by atoms with Crippen molar-refractivity contribution in [1.29, 1.82) is 0 Å². The molecule has 152 valence electrons. The maximum absolute atomic E-state index is 13.4. The number of amides is 1. The zero-order chi connectivity index (χ0) is 19.7. The van der Waals surface area contributed by atoms with Gasteiger partial charge >= 0.3 is 0 Å². The lowest BCUT2D eigenvalue weighted by Crippen LogP contribution is -2.36. The van der Waals surface area contributed by atoms with Crippen LogP contribution in [0.15, 0.2) is 46.8 Å². The highest BCUT2D eigenvalue weighted by Gasteiger charge is 2.22. The Hall–Kier alpha value is -1.71. The Morgan fingerprint density at radius 2 is 1.86 bits per heavy atom. The summed E-state index contributed by atoms with van der Waals surface area (Å²) in [6.07, 6.45) is 2.06. The molecule has 0 unspecified atom stereocenters. The largest absolute Gasteiger partial charge is 0.308 e. The first-order valence-electron chi connectivity index (χ1n) is 8.79. The van der Waals surface area contributed by atoms with Crippen LogP contribution in [0.5, 0.6) is 0 Å². The number of thiazole rings is 2. The number of hydrogen-bond donors (Lipinski definition) is 0. The second-order valence-corrected chi connectivity index (χ2v) is 9.40. The first kappa shape index (κ1) is 22.0. The van der Waals surface area contributed by atoms with Crippen LogP contribution in [0, 0.1) is 0 Å². The van der Waals surface area contributed by atoms with Crippen molar-refractivity contribution in [2.24, 2.45) is 0 Å². The third-order valence-electron chi connectivity index (χ3n) is 4.41. The number of likely N-dealkylation sites (N-methyl/N-ethyl adjacent to an activating group) is 1. The standard InChI is InChI=1S/C20H20N4OS3.ClH/c1-23(2)8-9-24(19(25)13-4-6-15-17(10-13)27-12-21-15)20-22-16-7-5-14(26-3)11-18(16)28-20;/h4-7,10-12H,8-9H2,1-3H3;1H. The molecule has 0 aliphatic rings. The molecule has 2 aromatic carbocycles. The lowest BCUT2D eigenvalue weighted by Gasteiger charge is -2.22. The summed E-state index contributed by atoms with van der Waals surface area (Å²) in [5.41, 5.74) is 4.32. The van der Waals surface area contributed by atoms with Gasteiger partial charge < -0.3 is 4.90 Å². The van der Waals surface area contributed by atoms with E-state index < -0.39 is 0 Å². The number of nitrogens with zero attached hydrogens (tertiary/aromatic N) is 4. The van der Waals surface area contributed by atoms with Gasteiger partial charge in [-0.25, -0.2) is 9.97 Å². The topological polar surface area (TPSA) is 49.3 Å². The molecular weight excluding hydrogens is 444 g/mol. The van der Waals surface area contributed by atoms with Crippen LogP contribution in [0.25, 0.3) is 20.4 Å². The zero-order valence-corrected chi connectivity index (χ0v) is 19.6. The average molecular weight is 465 g/mol. The minimum Gasteiger partial charge on any atom is -0.308 e. The van der Waals surface area contributed by atoms with Crippen LogP contribution < -0.4 is 4.90 Å². The van der Waals surface area contributed by atoms with Crippen molar-refractivity contribution in [3.05, 3.63) is 47.5 Å². The van der Waals surface area contributed by atoms with Gasteiger partial charge in [-0.1, -0.05) is 11.3 Å². The summed E-state index contributed by atoms with van der Waals surface area (Å²) in [6.45, 7) is 1.35. The van der Waals surface area contributed by atoms with Crippen LogP contribution in [0.1, 0.15) is 10.4 Å². The molecule has 1 amide bonds. The molecule has 0 fully saturated rings. The molecule has 29 heavy (non-hydrogen) atoms. The van der Waals surface area contributed by atoms with Gasteiger partial charge in [-0.3, -0.25) is 9.69 Å². The molecule has 0 bridgehead atoms. The minimum atomic E-state index is -0.0266. The van der Waals surface area contributed by atoms with Crippen molar-refractivity contribution in [1.82, 2.24) is 14.9 Å². The lowest BCUT2D eigenvalue weighted by molar-refractivity contribution is 0.0985. The molecule has 0 atom stereocenters. The highest BCUT2D eigenvalue weighted by atomic mass is 35.5. The third kappa shape index (κ3) is 4.73. The van der Waals surface area contributed by atoms with Crippen molar-refractivity contribution in [3.8, 4) is 0 Å². The monoisotopic (exact) mass is 464 g/mol. The summed E-state index contributed by atoms with van der Waals surface area (Å²) in [6, 6.07) is 11.9. The summed E-state index contributed by atoms with van der Waals surface area (Å²) in [7, 11) is 4.02. The Bertz CT molecular complexity index is 1140. The van der Waals surface area contributed by atoms with E-state index in [4.69, 9.17) is 4.98 Å². The number of aromatic nitrogens is 2. The summed E-state index contributed by atoms with van der Waals surface area (Å²) in [5, 5.41) is 0.740. The second kappa shape index (κ2) is 9.40. The Morgan fingerprint density at radius 1 is 1.07 bits per heavy atom. The van der Waals surface area contributed by atoms with Crippen LogP contribution in [0.2, 0.25) is 0 Å². The quantitative estimate of drug-likeness (QED) is 0.364. The van der Waals surface area contributed by atoms with E-state index in [-0.39, 0.29) is 18.3 Å². The third-order valence-corrected chi connectivity index (χ3v) is 6.97. The maximum Gasteiger partial charge on any atom is 0.260 e. The van der Waals surface area contributed by atoms with Gasteiger partial charge in [-0.05, 0) is 56.7 Å². The smallest absolute Gasteiger partial charge is 0.260 e. The molecule has 2 aromatic heterocycles. The van der Waals surface area contributed by atoms with Crippen LogP contribution in [-0.4, -0.2) is 54.2 Å². The van der Waals surface area contributed by atoms with Crippen molar-refractivity contribution in [3.63, 3.8) is 0 Å². The highest BCUT2D eigenvalue weighted by molar-refractivity contribution is 7.98. The second-order valence-electron chi connectivity index (χ2n) is 6.63. The fraction of sp³-hybridized carbons (Fsp3) is 0.250. The highest BCUT2D eigenvalue weighted by Crippen LogP contribution is 2.32. The number of carbonyl (C=O) groups is 1. The number of hydrogen-bond acceptors (Lipinski definition) is 7. The molecule has 4 aromatic rings. The van der Waals surface area contributed by atoms with Crippen molar-refractivity contribution in [2.45, 2.75) is 4.90 Å². The normalized spacial score (nSPS) is 11.2. The molecule has 0 N–H and O–H groups in total. The number of carbonyl (C=O) groups excluding carboxylic acids is 1. The summed E-state index contributed by atoms with van der Waals surface area (Å²) in [4.78, 5) is 27.5. The number of anilines is 1. The average Bonchev–Trinajstić information content (AvgIpc) is 3.32. The Morgan fingerprint density at radius 3 is 2.62 bits per heavy atom. The van der Waals surface area contributed by atoms with E-state index in [0.29, 0.717) is 12.1 Å². The van der Waals surface area contributed by atoms with Crippen LogP contribution in [0.3, 0.4) is 0 Å². The van der Waals surface area contributed by atoms with Gasteiger partial charge in [0.15, 0.2) is 5.13 Å². The van der Waals surface area contributed by atoms with E-state index in [1.807, 2.05) is 38.4 Å². The SMILES string of the molecule is CSc1ccc2nc(N(CCN(C)C)C(=O)c3ccc4ncsc4c3)sc2c1.Cl. The zero-order valence-electron chi connectivity index (χ0n) is 16.3. The molecule has 2 heterocycles. The van der Waals surface area contributed by atoms with E-state index >= 15 is 0 Å². The molecule has 0 saturated heterocycles. The summed E-state index contributed by atoms with van der Waals surface area (Å²) in [5.74, 6) is -0.0266. The van der Waals surface area contributed by atoms with Gasteiger partial charge in [0.2, 0.25) is 0 Å². The number of halogens is 1. The molecule has 0 radical (unpaired) electrons. The summed E-state index contributed by atoms with van der Waals surface area (Å²) < 4.78 is 2.12. The van der Waals surface area contributed by atoms with Crippen LogP contribution in [-0.2, 0) is 0 Å². The Kier molecular flexibility index (Phi) is 7.13. The van der Waals surface area contributed by atoms with Crippen molar-refractivity contribution < 1.29 is 4.79 Å². The Labute approximate surface area is 188 Å². The Balaban J connectivity index is 0.00000240. The van der Waals surface area contributed by atoms with E-state index in [2.05, 4.69) is 28.3 Å². The lowest BCUT2D eigenvalue weighted by atomic mass is 10.2. The van der Waals surface area contributed by atoms with E-state index in [1.165, 1.54) is 4.90 Å². The molecule has 9 heteroatoms. The van der Waals surface area contributed by atoms with E-state index in [0.717, 1.165) is 32.1 Å². The first-order valence-corrected chi connectivity index (χ1v) is 11.7. The molecule has 0 aliphatic heterocycles. The van der Waals surface area contributed by atoms with Crippen molar-refractivity contribution in [2.75, 3.05) is 38.3 Å². The minimum absolute atomic E-state index is 0. The van der Waals surface area contributed by atoms with E-state index in [9.17, 15) is 4.79 Å². The predicted octanol–water partition coefficient (Wildman–Crippen LogP) is 5.26. The first-order chi connectivity index (χ1) is 13.5. The van der Waals surface area contributed by atoms with Gasteiger partial charge in [-0.2, -0.15) is 0 Å². The maximum atomic E-state index is 13.4. The molecule has 0 spiro atoms. The fourth-order valence-electron chi connectivity index (χ4n) is 2.86. The molecule has 5 nitrogen and oxygen atoms in total. The fourth-order valence-corrected chi connectivity index (χ4v) is 5.12. The molecular formula is C20H21ClN4OS3. The number of rotatable bonds is 6. The molecule has 0 aliphatic carbocycles. The predicted molar refractivity (Wildman–Crippen MR) is 128 cm³/mol.